The van der Waals surface area contributed by atoms with E-state index in [1.807, 2.05) is 19.9 Å². The molecule has 72 valence electrons. The van der Waals surface area contributed by atoms with Crippen LogP contribution in [-0.4, -0.2) is 5.54 Å². The third kappa shape index (κ3) is 3.15. The first-order chi connectivity index (χ1) is 6.03. The monoisotopic (exact) mass is 181 g/mol. The number of hydrogen-bond donors (Lipinski definition) is 1. The highest BCUT2D eigenvalue weighted by atomic mass is 19.1. The first-order valence-electron chi connectivity index (χ1n) is 4.57. The summed E-state index contributed by atoms with van der Waals surface area (Å²) in [5.41, 5.74) is 6.71. The minimum Gasteiger partial charge on any atom is -0.325 e. The Balaban J connectivity index is 2.74. The molecule has 0 aliphatic rings. The van der Waals surface area contributed by atoms with Crippen molar-refractivity contribution in [1.29, 1.82) is 0 Å². The molecule has 0 heterocycles. The fraction of sp³-hybridized carbons (Fsp3) is 0.455. The second-order valence-corrected chi connectivity index (χ2v) is 3.81. The maximum atomic E-state index is 12.8. The van der Waals surface area contributed by atoms with Crippen LogP contribution in [0.25, 0.3) is 0 Å². The quantitative estimate of drug-likeness (QED) is 0.761. The lowest BCUT2D eigenvalue weighted by atomic mass is 9.91. The lowest BCUT2D eigenvalue weighted by Gasteiger charge is -2.22. The summed E-state index contributed by atoms with van der Waals surface area (Å²) >= 11 is 0. The second-order valence-electron chi connectivity index (χ2n) is 3.81. The number of benzene rings is 1. The largest absolute Gasteiger partial charge is 0.325 e. The number of rotatable bonds is 3. The molecule has 1 aromatic rings. The van der Waals surface area contributed by atoms with Crippen LogP contribution in [0.2, 0.25) is 0 Å². The fourth-order valence-electron chi connectivity index (χ4n) is 1.24. The molecular formula is C11H16FN. The summed E-state index contributed by atoms with van der Waals surface area (Å²) in [6.45, 7) is 4.03. The van der Waals surface area contributed by atoms with Crippen LogP contribution < -0.4 is 5.73 Å². The van der Waals surface area contributed by atoms with Crippen molar-refractivity contribution < 1.29 is 4.39 Å². The van der Waals surface area contributed by atoms with E-state index in [1.54, 1.807) is 12.1 Å². The predicted molar refractivity (Wildman–Crippen MR) is 53.0 cm³/mol. The minimum atomic E-state index is -0.228. The van der Waals surface area contributed by atoms with Gasteiger partial charge in [0.05, 0.1) is 0 Å². The summed E-state index contributed by atoms with van der Waals surface area (Å²) in [6.07, 6.45) is 1.62. The van der Waals surface area contributed by atoms with Crippen LogP contribution in [0.3, 0.4) is 0 Å². The fourth-order valence-corrected chi connectivity index (χ4v) is 1.24. The lowest BCUT2D eigenvalue weighted by Crippen LogP contribution is -2.37. The van der Waals surface area contributed by atoms with Gasteiger partial charge in [0.25, 0.3) is 0 Å². The molecule has 0 amide bonds. The first kappa shape index (κ1) is 10.2. The molecule has 1 rings (SSSR count). The van der Waals surface area contributed by atoms with Gasteiger partial charge in [0.15, 0.2) is 0 Å². The van der Waals surface area contributed by atoms with Gasteiger partial charge >= 0.3 is 0 Å². The molecule has 0 aliphatic carbocycles. The van der Waals surface area contributed by atoms with Crippen LogP contribution in [-0.2, 0) is 6.42 Å². The van der Waals surface area contributed by atoms with E-state index in [9.17, 15) is 4.39 Å². The molecule has 0 spiro atoms. The van der Waals surface area contributed by atoms with Crippen molar-refractivity contribution in [3.05, 3.63) is 35.6 Å². The van der Waals surface area contributed by atoms with Crippen molar-refractivity contribution >= 4 is 0 Å². The van der Waals surface area contributed by atoms with Gasteiger partial charge in [-0.15, -0.1) is 0 Å². The van der Waals surface area contributed by atoms with E-state index >= 15 is 0 Å². The van der Waals surface area contributed by atoms with E-state index in [4.69, 9.17) is 5.73 Å². The average Bonchev–Trinajstić information content (AvgIpc) is 2.03. The Morgan fingerprint density at radius 1 is 1.46 bits per heavy atom. The van der Waals surface area contributed by atoms with Crippen molar-refractivity contribution in [2.45, 2.75) is 32.2 Å². The molecule has 0 saturated carbocycles. The molecule has 1 atom stereocenters. The topological polar surface area (TPSA) is 26.0 Å². The normalized spacial score (nSPS) is 15.4. The Morgan fingerprint density at radius 3 is 2.69 bits per heavy atom. The SMILES string of the molecule is CCC(C)(N)Cc1cccc(F)c1. The van der Waals surface area contributed by atoms with Gasteiger partial charge < -0.3 is 5.73 Å². The van der Waals surface area contributed by atoms with Crippen molar-refractivity contribution in [3.63, 3.8) is 0 Å². The molecule has 0 aliphatic heterocycles. The highest BCUT2D eigenvalue weighted by molar-refractivity contribution is 5.18. The first-order valence-corrected chi connectivity index (χ1v) is 4.57. The second kappa shape index (κ2) is 3.88. The maximum Gasteiger partial charge on any atom is 0.123 e. The molecule has 2 N–H and O–H groups in total. The third-order valence-electron chi connectivity index (χ3n) is 2.30. The Morgan fingerprint density at radius 2 is 2.15 bits per heavy atom. The smallest absolute Gasteiger partial charge is 0.123 e. The van der Waals surface area contributed by atoms with Crippen LogP contribution >= 0.6 is 0 Å². The summed E-state index contributed by atoms with van der Waals surface area (Å²) in [5.74, 6) is -0.190. The van der Waals surface area contributed by atoms with Crippen molar-refractivity contribution in [2.75, 3.05) is 0 Å². The van der Waals surface area contributed by atoms with E-state index in [-0.39, 0.29) is 11.4 Å². The van der Waals surface area contributed by atoms with Gasteiger partial charge in [0, 0.05) is 5.54 Å². The van der Waals surface area contributed by atoms with Crippen LogP contribution in [0.5, 0.6) is 0 Å². The Labute approximate surface area is 78.8 Å². The molecule has 0 radical (unpaired) electrons. The van der Waals surface area contributed by atoms with Crippen molar-refractivity contribution in [3.8, 4) is 0 Å². The molecule has 0 bridgehead atoms. The molecule has 1 aromatic carbocycles. The Kier molecular flexibility index (Phi) is 3.04. The number of hydrogen-bond acceptors (Lipinski definition) is 1. The molecule has 1 nitrogen and oxygen atoms in total. The van der Waals surface area contributed by atoms with E-state index < -0.39 is 0 Å². The summed E-state index contributed by atoms with van der Waals surface area (Å²) in [5, 5.41) is 0. The van der Waals surface area contributed by atoms with Gasteiger partial charge in [-0.1, -0.05) is 19.1 Å². The van der Waals surface area contributed by atoms with E-state index in [1.165, 1.54) is 6.07 Å². The average molecular weight is 181 g/mol. The molecule has 13 heavy (non-hydrogen) atoms. The highest BCUT2D eigenvalue weighted by Crippen LogP contribution is 2.14. The van der Waals surface area contributed by atoms with Gasteiger partial charge in [0.2, 0.25) is 0 Å². The van der Waals surface area contributed by atoms with Gasteiger partial charge in [-0.2, -0.15) is 0 Å². The molecule has 2 heteroatoms. The van der Waals surface area contributed by atoms with Crippen LogP contribution in [0, 0.1) is 5.82 Å². The summed E-state index contributed by atoms with van der Waals surface area (Å²) < 4.78 is 12.8. The highest BCUT2D eigenvalue weighted by Gasteiger charge is 2.15. The minimum absolute atomic E-state index is 0.190. The molecule has 1 unspecified atom stereocenters. The molecule has 0 saturated heterocycles. The number of nitrogens with two attached hydrogens (primary N) is 1. The standard InChI is InChI=1S/C11H16FN/c1-3-11(2,13)8-9-5-4-6-10(12)7-9/h4-7H,3,8,13H2,1-2H3. The molecule has 0 fully saturated rings. The van der Waals surface area contributed by atoms with Crippen molar-refractivity contribution in [1.82, 2.24) is 0 Å². The van der Waals surface area contributed by atoms with Gasteiger partial charge in [-0.3, -0.25) is 0 Å². The predicted octanol–water partition coefficient (Wildman–Crippen LogP) is 2.50. The summed E-state index contributed by atoms with van der Waals surface area (Å²) in [4.78, 5) is 0. The van der Waals surface area contributed by atoms with Gasteiger partial charge in [0.1, 0.15) is 5.82 Å². The Bertz CT molecular complexity index is 281. The van der Waals surface area contributed by atoms with E-state index in [0.717, 1.165) is 18.4 Å². The Hall–Kier alpha value is -0.890. The van der Waals surface area contributed by atoms with Crippen LogP contribution in [0.1, 0.15) is 25.8 Å². The maximum absolute atomic E-state index is 12.8. The van der Waals surface area contributed by atoms with Crippen LogP contribution in [0.4, 0.5) is 4.39 Å². The lowest BCUT2D eigenvalue weighted by molar-refractivity contribution is 0.449. The van der Waals surface area contributed by atoms with Gasteiger partial charge in [-0.25, -0.2) is 4.39 Å². The van der Waals surface area contributed by atoms with Gasteiger partial charge in [-0.05, 0) is 37.5 Å². The zero-order valence-electron chi connectivity index (χ0n) is 8.18. The zero-order valence-corrected chi connectivity index (χ0v) is 8.18. The zero-order chi connectivity index (χ0) is 9.90. The summed E-state index contributed by atoms with van der Waals surface area (Å²) in [6, 6.07) is 6.62. The van der Waals surface area contributed by atoms with E-state index in [0.29, 0.717) is 0 Å². The molecule has 0 aromatic heterocycles. The number of halogens is 1. The van der Waals surface area contributed by atoms with Crippen molar-refractivity contribution in [2.24, 2.45) is 5.73 Å². The van der Waals surface area contributed by atoms with E-state index in [2.05, 4.69) is 0 Å². The van der Waals surface area contributed by atoms with Crippen LogP contribution in [0.15, 0.2) is 24.3 Å². The summed E-state index contributed by atoms with van der Waals surface area (Å²) in [7, 11) is 0. The molecular weight excluding hydrogens is 165 g/mol. The third-order valence-corrected chi connectivity index (χ3v) is 2.30.